The molecule has 0 aromatic heterocycles. The summed E-state index contributed by atoms with van der Waals surface area (Å²) in [5, 5.41) is 0.159. The number of benzene rings is 2. The van der Waals surface area contributed by atoms with Crippen molar-refractivity contribution in [3.63, 3.8) is 0 Å². The third kappa shape index (κ3) is 4.73. The van der Waals surface area contributed by atoms with Crippen LogP contribution in [0.25, 0.3) is 0 Å². The van der Waals surface area contributed by atoms with Crippen molar-refractivity contribution in [2.75, 3.05) is 0 Å². The highest BCUT2D eigenvalue weighted by Crippen LogP contribution is 2.32. The lowest BCUT2D eigenvalue weighted by molar-refractivity contribution is -0.274. The lowest BCUT2D eigenvalue weighted by atomic mass is 9.97. The summed E-state index contributed by atoms with van der Waals surface area (Å²) < 4.78 is 54.2. The second kappa shape index (κ2) is 7.38. The first-order chi connectivity index (χ1) is 10.2. The Morgan fingerprint density at radius 1 is 1.09 bits per heavy atom. The molecule has 0 radical (unpaired) electrons. The monoisotopic (exact) mass is 369 g/mol. The first-order valence-electron chi connectivity index (χ1n) is 6.25. The number of hydrogen-bond donors (Lipinski definition) is 1. The smallest absolute Gasteiger partial charge is 0.406 e. The number of hydrogen-bond acceptors (Lipinski definition) is 2. The van der Waals surface area contributed by atoms with Crippen molar-refractivity contribution in [1.82, 2.24) is 0 Å². The number of halogens is 6. The second-order valence-corrected chi connectivity index (χ2v) is 5.09. The second-order valence-electron chi connectivity index (χ2n) is 4.69. The van der Waals surface area contributed by atoms with E-state index in [0.717, 1.165) is 12.1 Å². The number of aryl methyl sites for hydroxylation is 1. The van der Waals surface area contributed by atoms with E-state index >= 15 is 0 Å². The van der Waals surface area contributed by atoms with Gasteiger partial charge in [0.2, 0.25) is 0 Å². The third-order valence-corrected chi connectivity index (χ3v) is 3.43. The summed E-state index contributed by atoms with van der Waals surface area (Å²) >= 11 is 5.97. The molecule has 126 valence electrons. The SMILES string of the molecule is Cc1ccc(Cl)c([C@@H](N)c2ccc(OC(F)(F)F)cc2)c1F.Cl. The van der Waals surface area contributed by atoms with E-state index in [0.29, 0.717) is 11.1 Å². The van der Waals surface area contributed by atoms with Gasteiger partial charge in [0.15, 0.2) is 0 Å². The Kier molecular flexibility index (Phi) is 6.27. The van der Waals surface area contributed by atoms with E-state index in [1.807, 2.05) is 0 Å². The molecule has 2 nitrogen and oxygen atoms in total. The zero-order valence-electron chi connectivity index (χ0n) is 11.8. The first-order valence-corrected chi connectivity index (χ1v) is 6.62. The number of alkyl halides is 3. The Labute approximate surface area is 141 Å². The molecule has 23 heavy (non-hydrogen) atoms. The molecule has 2 N–H and O–H groups in total. The zero-order chi connectivity index (χ0) is 16.5. The van der Waals surface area contributed by atoms with Gasteiger partial charge in [-0.05, 0) is 36.2 Å². The molecule has 1 atom stereocenters. The van der Waals surface area contributed by atoms with E-state index in [-0.39, 0.29) is 28.7 Å². The molecule has 8 heteroatoms. The van der Waals surface area contributed by atoms with Crippen molar-refractivity contribution < 1.29 is 22.3 Å². The van der Waals surface area contributed by atoms with E-state index in [1.165, 1.54) is 24.3 Å². The van der Waals surface area contributed by atoms with Gasteiger partial charge in [-0.3, -0.25) is 0 Å². The van der Waals surface area contributed by atoms with Crippen LogP contribution in [0.2, 0.25) is 5.02 Å². The maximum Gasteiger partial charge on any atom is 0.573 e. The average Bonchev–Trinajstić information content (AvgIpc) is 2.42. The molecule has 2 aromatic rings. The molecule has 0 unspecified atom stereocenters. The minimum absolute atomic E-state index is 0. The van der Waals surface area contributed by atoms with E-state index in [4.69, 9.17) is 17.3 Å². The Balaban J connectivity index is 0.00000264. The molecule has 0 heterocycles. The summed E-state index contributed by atoms with van der Waals surface area (Å²) in [7, 11) is 0. The fraction of sp³-hybridized carbons (Fsp3) is 0.200. The summed E-state index contributed by atoms with van der Waals surface area (Å²) in [6, 6.07) is 7.06. The quantitative estimate of drug-likeness (QED) is 0.758. The van der Waals surface area contributed by atoms with Gasteiger partial charge < -0.3 is 10.5 Å². The van der Waals surface area contributed by atoms with Crippen LogP contribution in [0.4, 0.5) is 17.6 Å². The summed E-state index contributed by atoms with van der Waals surface area (Å²) in [5.41, 5.74) is 6.88. The topological polar surface area (TPSA) is 35.2 Å². The van der Waals surface area contributed by atoms with Gasteiger partial charge in [0.25, 0.3) is 0 Å². The molecule has 2 rings (SSSR count). The number of rotatable bonds is 3. The largest absolute Gasteiger partial charge is 0.573 e. The van der Waals surface area contributed by atoms with Crippen LogP contribution in [0.15, 0.2) is 36.4 Å². The number of nitrogens with two attached hydrogens (primary N) is 1. The lowest BCUT2D eigenvalue weighted by Crippen LogP contribution is -2.18. The van der Waals surface area contributed by atoms with Crippen LogP contribution in [-0.4, -0.2) is 6.36 Å². The third-order valence-electron chi connectivity index (χ3n) is 3.10. The van der Waals surface area contributed by atoms with Gasteiger partial charge in [-0.2, -0.15) is 0 Å². The Bertz CT molecular complexity index is 674. The predicted octanol–water partition coefficient (Wildman–Crippen LogP) is 5.16. The van der Waals surface area contributed by atoms with Gasteiger partial charge in [0, 0.05) is 10.6 Å². The van der Waals surface area contributed by atoms with Crippen molar-refractivity contribution in [2.45, 2.75) is 19.3 Å². The molecule has 0 saturated heterocycles. The predicted molar refractivity (Wildman–Crippen MR) is 82.6 cm³/mol. The first kappa shape index (κ1) is 19.5. The van der Waals surface area contributed by atoms with Gasteiger partial charge in [-0.25, -0.2) is 4.39 Å². The van der Waals surface area contributed by atoms with Crippen LogP contribution in [0.5, 0.6) is 5.75 Å². The lowest BCUT2D eigenvalue weighted by Gasteiger charge is -2.17. The van der Waals surface area contributed by atoms with Gasteiger partial charge in [0.05, 0.1) is 6.04 Å². The zero-order valence-corrected chi connectivity index (χ0v) is 13.4. The van der Waals surface area contributed by atoms with Gasteiger partial charge in [-0.1, -0.05) is 29.8 Å². The molecule has 2 aromatic carbocycles. The normalized spacial score (nSPS) is 12.5. The maximum absolute atomic E-state index is 14.2. The van der Waals surface area contributed by atoms with Gasteiger partial charge in [-0.15, -0.1) is 25.6 Å². The van der Waals surface area contributed by atoms with Crippen molar-refractivity contribution in [2.24, 2.45) is 5.73 Å². The van der Waals surface area contributed by atoms with Gasteiger partial charge >= 0.3 is 6.36 Å². The van der Waals surface area contributed by atoms with Crippen molar-refractivity contribution in [1.29, 1.82) is 0 Å². The summed E-state index contributed by atoms with van der Waals surface area (Å²) in [6.07, 6.45) is -4.77. The minimum atomic E-state index is -4.77. The van der Waals surface area contributed by atoms with Gasteiger partial charge in [0.1, 0.15) is 11.6 Å². The average molecular weight is 370 g/mol. The highest BCUT2D eigenvalue weighted by Gasteiger charge is 2.31. The molecule has 0 aliphatic rings. The molecule has 0 saturated carbocycles. The van der Waals surface area contributed by atoms with Crippen molar-refractivity contribution in [3.05, 3.63) is 63.9 Å². The van der Waals surface area contributed by atoms with Crippen molar-refractivity contribution >= 4 is 24.0 Å². The molecule has 0 bridgehead atoms. The van der Waals surface area contributed by atoms with E-state index in [9.17, 15) is 17.6 Å². The van der Waals surface area contributed by atoms with Crippen molar-refractivity contribution in [3.8, 4) is 5.75 Å². The minimum Gasteiger partial charge on any atom is -0.406 e. The highest BCUT2D eigenvalue weighted by molar-refractivity contribution is 6.31. The molecule has 0 spiro atoms. The van der Waals surface area contributed by atoms with Crippen LogP contribution in [0.3, 0.4) is 0 Å². The molecular weight excluding hydrogens is 357 g/mol. The fourth-order valence-corrected chi connectivity index (χ4v) is 2.27. The summed E-state index contributed by atoms with van der Waals surface area (Å²) in [4.78, 5) is 0. The Morgan fingerprint density at radius 2 is 1.65 bits per heavy atom. The van der Waals surface area contributed by atoms with Crippen LogP contribution >= 0.6 is 24.0 Å². The molecule has 0 fully saturated rings. The standard InChI is InChI=1S/C15H12ClF4NO.ClH/c1-8-2-7-11(16)12(13(8)17)14(21)9-3-5-10(6-4-9)22-15(18,19)20;/h2-7,14H,21H2,1H3;1H/t14-;/m0./s1. The van der Waals surface area contributed by atoms with Crippen LogP contribution in [0, 0.1) is 12.7 Å². The van der Waals surface area contributed by atoms with Crippen LogP contribution in [0.1, 0.15) is 22.7 Å². The molecular formula is C15H13Cl2F4NO. The van der Waals surface area contributed by atoms with E-state index in [2.05, 4.69) is 4.74 Å². The van der Waals surface area contributed by atoms with Crippen LogP contribution < -0.4 is 10.5 Å². The summed E-state index contributed by atoms with van der Waals surface area (Å²) in [5.74, 6) is -0.908. The Morgan fingerprint density at radius 3 is 2.17 bits per heavy atom. The Hall–Kier alpha value is -1.50. The molecule has 0 aliphatic heterocycles. The molecule has 0 amide bonds. The molecule has 0 aliphatic carbocycles. The van der Waals surface area contributed by atoms with E-state index < -0.39 is 18.2 Å². The highest BCUT2D eigenvalue weighted by atomic mass is 35.5. The van der Waals surface area contributed by atoms with E-state index in [1.54, 1.807) is 6.92 Å². The van der Waals surface area contributed by atoms with Crippen LogP contribution in [-0.2, 0) is 0 Å². The summed E-state index contributed by atoms with van der Waals surface area (Å²) in [6.45, 7) is 1.57. The number of ether oxygens (including phenoxy) is 1. The maximum atomic E-state index is 14.2. The fourth-order valence-electron chi connectivity index (χ4n) is 2.01.